The topological polar surface area (TPSA) is 153 Å². The third-order valence-corrected chi connectivity index (χ3v) is 9.22. The quantitative estimate of drug-likeness (QED) is 0.160. The Morgan fingerprint density at radius 1 is 0.850 bits per heavy atom. The molecule has 3 aromatic carbocycles. The monoisotopic (exact) mass is 584 g/mol. The number of para-hydroxylation sites is 2. The highest BCUT2D eigenvalue weighted by atomic mass is 32.2. The minimum Gasteiger partial charge on any atom is -0.748 e. The van der Waals surface area contributed by atoms with Gasteiger partial charge in [-0.1, -0.05) is 36.4 Å². The number of carboxylic acid groups (broad SMARTS) is 1. The van der Waals surface area contributed by atoms with Crippen LogP contribution in [0.5, 0.6) is 0 Å². The molecule has 0 fully saturated rings. The number of amides is 1. The van der Waals surface area contributed by atoms with Crippen molar-refractivity contribution in [2.45, 2.75) is 30.6 Å². The van der Waals surface area contributed by atoms with E-state index in [1.165, 1.54) is 12.1 Å². The summed E-state index contributed by atoms with van der Waals surface area (Å²) < 4.78 is 64.1. The molecule has 4 aromatic rings. The van der Waals surface area contributed by atoms with E-state index >= 15 is 0 Å². The number of aryl methyl sites for hydroxylation is 2. The van der Waals surface area contributed by atoms with E-state index in [9.17, 15) is 31.0 Å². The molecular weight excluding hydrogens is 556 g/mol. The van der Waals surface area contributed by atoms with Gasteiger partial charge in [0.1, 0.15) is 7.05 Å². The second kappa shape index (κ2) is 11.7. The van der Waals surface area contributed by atoms with Crippen molar-refractivity contribution in [2.24, 2.45) is 7.05 Å². The predicted molar refractivity (Wildman–Crippen MR) is 147 cm³/mol. The van der Waals surface area contributed by atoms with Crippen molar-refractivity contribution in [2.75, 3.05) is 12.3 Å². The summed E-state index contributed by atoms with van der Waals surface area (Å²) in [6.07, 6.45) is 0.402. The van der Waals surface area contributed by atoms with Gasteiger partial charge in [-0.2, -0.15) is 4.57 Å². The van der Waals surface area contributed by atoms with Gasteiger partial charge in [0.05, 0.1) is 31.3 Å². The molecule has 0 atom stereocenters. The fourth-order valence-corrected chi connectivity index (χ4v) is 6.60. The van der Waals surface area contributed by atoms with Crippen molar-refractivity contribution in [3.63, 3.8) is 0 Å². The maximum absolute atomic E-state index is 14.2. The zero-order valence-electron chi connectivity index (χ0n) is 21.7. The third-order valence-electron chi connectivity index (χ3n) is 6.63. The molecule has 10 nitrogen and oxygen atoms in total. The van der Waals surface area contributed by atoms with Gasteiger partial charge < -0.3 is 9.66 Å². The number of pyridine rings is 1. The fourth-order valence-electron chi connectivity index (χ4n) is 4.70. The van der Waals surface area contributed by atoms with E-state index in [4.69, 9.17) is 5.11 Å². The molecule has 1 heterocycles. The van der Waals surface area contributed by atoms with Crippen molar-refractivity contribution in [3.8, 4) is 0 Å². The van der Waals surface area contributed by atoms with Gasteiger partial charge in [-0.05, 0) is 49.1 Å². The molecule has 0 aliphatic heterocycles. The number of hydrogen-bond acceptors (Lipinski definition) is 7. The lowest BCUT2D eigenvalue weighted by Gasteiger charge is -2.24. The highest BCUT2D eigenvalue weighted by Crippen LogP contribution is 2.28. The summed E-state index contributed by atoms with van der Waals surface area (Å²) in [5.74, 6) is -2.61. The first-order valence-electron chi connectivity index (χ1n) is 12.5. The number of carbonyl (C=O) groups excluding carboxylic acids is 1. The lowest BCUT2D eigenvalue weighted by Crippen LogP contribution is -2.39. The number of rotatable bonds is 11. The first kappa shape index (κ1) is 29.1. The average molecular weight is 585 g/mol. The van der Waals surface area contributed by atoms with Crippen LogP contribution in [-0.4, -0.2) is 55.0 Å². The Kier molecular flexibility index (Phi) is 8.52. The SMILES string of the molecule is C[n+]1c2ccccc2c(C(=O)N(CCCS(=O)(=O)[O-])S(=O)(=O)c2ccc(CCCC(=O)O)cc2)c2ccccc21. The molecule has 0 spiro atoms. The van der Waals surface area contributed by atoms with Crippen molar-refractivity contribution < 1.29 is 40.7 Å². The highest BCUT2D eigenvalue weighted by Gasteiger charge is 2.33. The van der Waals surface area contributed by atoms with E-state index in [1.807, 2.05) is 23.7 Å². The molecular formula is C28H28N2O8S2. The molecule has 40 heavy (non-hydrogen) atoms. The van der Waals surface area contributed by atoms with E-state index in [-0.39, 0.29) is 23.3 Å². The fraction of sp³-hybridized carbons (Fsp3) is 0.250. The van der Waals surface area contributed by atoms with Crippen LogP contribution < -0.4 is 4.57 Å². The Hall–Kier alpha value is -3.87. The Morgan fingerprint density at radius 3 is 1.93 bits per heavy atom. The smallest absolute Gasteiger partial charge is 0.303 e. The number of carbonyl (C=O) groups is 2. The summed E-state index contributed by atoms with van der Waals surface area (Å²) >= 11 is 0. The summed E-state index contributed by atoms with van der Waals surface area (Å²) in [6, 6.07) is 19.9. The minimum absolute atomic E-state index is 0.0261. The molecule has 0 radical (unpaired) electrons. The van der Waals surface area contributed by atoms with Crippen LogP contribution in [0.4, 0.5) is 0 Å². The van der Waals surface area contributed by atoms with Gasteiger partial charge >= 0.3 is 5.97 Å². The van der Waals surface area contributed by atoms with E-state index in [0.29, 0.717) is 39.0 Å². The minimum atomic E-state index is -4.64. The number of fused-ring (bicyclic) bond motifs is 2. The molecule has 1 amide bonds. The number of carboxylic acids is 1. The van der Waals surface area contributed by atoms with Gasteiger partial charge in [0, 0.05) is 30.9 Å². The maximum atomic E-state index is 14.2. The van der Waals surface area contributed by atoms with Crippen LogP contribution in [0.1, 0.15) is 35.2 Å². The number of benzene rings is 3. The molecule has 1 aromatic heterocycles. The van der Waals surface area contributed by atoms with Gasteiger partial charge in [-0.15, -0.1) is 0 Å². The summed E-state index contributed by atoms with van der Waals surface area (Å²) in [7, 11) is -7.28. The number of sulfonamides is 1. The first-order valence-corrected chi connectivity index (χ1v) is 15.5. The van der Waals surface area contributed by atoms with Gasteiger partial charge in [0.2, 0.25) is 11.0 Å². The van der Waals surface area contributed by atoms with Crippen LogP contribution >= 0.6 is 0 Å². The molecule has 0 aliphatic carbocycles. The average Bonchev–Trinajstić information content (AvgIpc) is 2.90. The van der Waals surface area contributed by atoms with Gasteiger partial charge in [-0.25, -0.2) is 21.1 Å². The van der Waals surface area contributed by atoms with Gasteiger partial charge in [0.15, 0.2) is 0 Å². The Bertz CT molecular complexity index is 1740. The Morgan fingerprint density at radius 2 is 1.40 bits per heavy atom. The zero-order chi connectivity index (χ0) is 29.1. The predicted octanol–water partition coefficient (Wildman–Crippen LogP) is 2.99. The van der Waals surface area contributed by atoms with Gasteiger partial charge in [-0.3, -0.25) is 9.59 Å². The van der Waals surface area contributed by atoms with Crippen LogP contribution in [0, 0.1) is 0 Å². The Balaban J connectivity index is 1.81. The molecule has 0 aliphatic rings. The van der Waals surface area contributed by atoms with Crippen LogP contribution in [0.2, 0.25) is 0 Å². The molecule has 0 saturated heterocycles. The summed E-state index contributed by atoms with van der Waals surface area (Å²) in [5.41, 5.74) is 2.25. The maximum Gasteiger partial charge on any atom is 0.303 e. The van der Waals surface area contributed by atoms with E-state index < -0.39 is 44.3 Å². The lowest BCUT2D eigenvalue weighted by molar-refractivity contribution is -0.617. The second-order valence-corrected chi connectivity index (χ2v) is 12.7. The van der Waals surface area contributed by atoms with Crippen molar-refractivity contribution in [3.05, 3.63) is 83.9 Å². The third kappa shape index (κ3) is 6.30. The molecule has 0 bridgehead atoms. The van der Waals surface area contributed by atoms with Gasteiger partial charge in [0.25, 0.3) is 15.9 Å². The van der Waals surface area contributed by atoms with E-state index in [1.54, 1.807) is 48.5 Å². The van der Waals surface area contributed by atoms with E-state index in [2.05, 4.69) is 0 Å². The summed E-state index contributed by atoms with van der Waals surface area (Å²) in [6.45, 7) is -0.521. The second-order valence-electron chi connectivity index (χ2n) is 9.36. The van der Waals surface area contributed by atoms with Crippen LogP contribution in [-0.2, 0) is 38.4 Å². The van der Waals surface area contributed by atoms with Crippen molar-refractivity contribution >= 4 is 53.8 Å². The number of aromatic nitrogens is 1. The standard InChI is InChI=1S/C28H28N2O8S2/c1-29-24-11-4-2-9-22(24)27(23-10-3-5-12-25(23)29)28(33)30(18-7-19-39(34,35)36)40(37,38)21-16-14-20(15-17-21)8-6-13-26(31)32/h2-5,9-12,14-17H,6-8,13,18-19H2,1H3,(H-,31,32,34,35,36). The molecule has 1 N–H and O–H groups in total. The first-order chi connectivity index (χ1) is 18.9. The summed E-state index contributed by atoms with van der Waals surface area (Å²) in [4.78, 5) is 24.8. The largest absolute Gasteiger partial charge is 0.748 e. The number of nitrogens with zero attached hydrogens (tertiary/aromatic N) is 2. The Labute approximate surface area is 232 Å². The molecule has 210 valence electrons. The lowest BCUT2D eigenvalue weighted by atomic mass is 10.0. The normalized spacial score (nSPS) is 12.1. The molecule has 12 heteroatoms. The summed E-state index contributed by atoms with van der Waals surface area (Å²) in [5, 5.41) is 9.87. The van der Waals surface area contributed by atoms with Crippen molar-refractivity contribution in [1.82, 2.24) is 4.31 Å². The van der Waals surface area contributed by atoms with Crippen LogP contribution in [0.25, 0.3) is 21.8 Å². The van der Waals surface area contributed by atoms with E-state index in [0.717, 1.165) is 5.56 Å². The molecule has 0 saturated carbocycles. The van der Waals surface area contributed by atoms with Crippen LogP contribution in [0.3, 0.4) is 0 Å². The van der Waals surface area contributed by atoms with Crippen molar-refractivity contribution in [1.29, 1.82) is 0 Å². The molecule has 0 unspecified atom stereocenters. The molecule has 4 rings (SSSR count). The number of aliphatic carboxylic acids is 1. The number of hydrogen-bond donors (Lipinski definition) is 1. The zero-order valence-corrected chi connectivity index (χ0v) is 23.3. The van der Waals surface area contributed by atoms with Crippen LogP contribution in [0.15, 0.2) is 77.7 Å². The highest BCUT2D eigenvalue weighted by molar-refractivity contribution is 7.89.